The van der Waals surface area contributed by atoms with Gasteiger partial charge in [-0.15, -0.1) is 32.9 Å². The van der Waals surface area contributed by atoms with Crippen LogP contribution in [0.25, 0.3) is 15.4 Å². The van der Waals surface area contributed by atoms with E-state index in [9.17, 15) is 37.1 Å². The van der Waals surface area contributed by atoms with Crippen LogP contribution < -0.4 is 21.7 Å². The first-order chi connectivity index (χ1) is 42.4. The lowest BCUT2D eigenvalue weighted by atomic mass is 9.85. The van der Waals surface area contributed by atoms with Crippen molar-refractivity contribution >= 4 is 75.6 Å². The number of carbonyl (C=O) groups is 6. The summed E-state index contributed by atoms with van der Waals surface area (Å²) in [4.78, 5) is 90.1. The maximum atomic E-state index is 14.5. The highest BCUT2D eigenvalue weighted by molar-refractivity contribution is 7.15. The van der Waals surface area contributed by atoms with E-state index in [-0.39, 0.29) is 97.8 Å². The molecule has 2 aromatic carbocycles. The number of carbonyl (C=O) groups excluding carboxylic acids is 5. The van der Waals surface area contributed by atoms with Gasteiger partial charge in [0, 0.05) is 47.1 Å². The molecular formula is C59H76ClF3N10O14S2. The Balaban J connectivity index is 0.00000170. The van der Waals surface area contributed by atoms with E-state index in [0.29, 0.717) is 43.0 Å². The number of carboxylic acid groups (broad SMARTS) is 1. The second-order valence-corrected chi connectivity index (χ2v) is 24.0. The molecule has 1 fully saturated rings. The molecular weight excluding hydrogens is 1230 g/mol. The summed E-state index contributed by atoms with van der Waals surface area (Å²) in [6.45, 7) is 16.0. The van der Waals surface area contributed by atoms with Crippen molar-refractivity contribution < 1.29 is 80.2 Å². The molecule has 0 unspecified atom stereocenters. The van der Waals surface area contributed by atoms with Gasteiger partial charge < -0.3 is 64.8 Å². The Hall–Kier alpha value is -6.80. The maximum Gasteiger partial charge on any atom is 0.490 e. The number of aliphatic imine (C=N–C) groups is 1. The highest BCUT2D eigenvalue weighted by Gasteiger charge is 2.46. The van der Waals surface area contributed by atoms with Crippen LogP contribution in [0.15, 0.2) is 59.0 Å². The van der Waals surface area contributed by atoms with Gasteiger partial charge in [-0.3, -0.25) is 28.7 Å². The lowest BCUT2D eigenvalue weighted by Crippen LogP contribution is -2.58. The molecule has 0 aliphatic carbocycles. The number of carboxylic acids is 1. The number of aromatic nitrogens is 4. The van der Waals surface area contributed by atoms with Gasteiger partial charge in [-0.25, -0.2) is 14.6 Å². The van der Waals surface area contributed by atoms with Crippen LogP contribution in [0.3, 0.4) is 0 Å². The molecule has 24 nitrogen and oxygen atoms in total. The number of thiophene rings is 1. The SMILES string of the molecule is Cc1ncsc1-c1ccc(CNC(=O)[C@@H]2C[C@@H](OC(=O)COCCOCCOCCN)CN2C(=O)[C@@H](NC(=O)COCCOCCOCCNC(=O)C[C@@H]2N=C(c3ccc(Cl)cc3)c3c(sc(C)c3C)-n3c(C)nnc32)C(C)(C)C)cc1.O=C(O)C(F)(F)F. The number of aryl methyl sites for hydroxylation is 3. The molecule has 486 valence electrons. The van der Waals surface area contributed by atoms with Crippen molar-refractivity contribution in [2.24, 2.45) is 16.1 Å². The smallest absolute Gasteiger partial charge is 0.475 e. The van der Waals surface area contributed by atoms with Crippen LogP contribution in [0.2, 0.25) is 5.02 Å². The van der Waals surface area contributed by atoms with Crippen molar-refractivity contribution in [3.63, 3.8) is 0 Å². The van der Waals surface area contributed by atoms with E-state index in [4.69, 9.17) is 65.4 Å². The molecule has 0 bridgehead atoms. The Morgan fingerprint density at radius 3 is 1.98 bits per heavy atom. The molecule has 0 radical (unpaired) electrons. The van der Waals surface area contributed by atoms with E-state index < -0.39 is 65.5 Å². The Morgan fingerprint density at radius 2 is 1.38 bits per heavy atom. The highest BCUT2D eigenvalue weighted by atomic mass is 35.5. The van der Waals surface area contributed by atoms with Crippen LogP contribution in [0, 0.1) is 33.1 Å². The normalized spacial score (nSPS) is 15.8. The van der Waals surface area contributed by atoms with E-state index in [1.807, 2.05) is 66.9 Å². The minimum atomic E-state index is -5.08. The van der Waals surface area contributed by atoms with Gasteiger partial charge in [-0.1, -0.05) is 68.8 Å². The first-order valence-corrected chi connectivity index (χ1v) is 30.6. The molecule has 0 spiro atoms. The molecule has 3 aromatic heterocycles. The lowest BCUT2D eigenvalue weighted by molar-refractivity contribution is -0.192. The van der Waals surface area contributed by atoms with Crippen LogP contribution in [-0.2, 0) is 68.5 Å². The predicted octanol–water partition coefficient (Wildman–Crippen LogP) is 5.79. The van der Waals surface area contributed by atoms with Crippen molar-refractivity contribution in [1.82, 2.24) is 40.6 Å². The summed E-state index contributed by atoms with van der Waals surface area (Å²) < 4.78 is 72.6. The number of amides is 4. The third kappa shape index (κ3) is 21.4. The number of likely N-dealkylation sites (tertiary alicyclic amines) is 1. The van der Waals surface area contributed by atoms with Crippen molar-refractivity contribution in [1.29, 1.82) is 0 Å². The third-order valence-corrected chi connectivity index (χ3v) is 16.2. The van der Waals surface area contributed by atoms with Gasteiger partial charge in [0.05, 0.1) is 101 Å². The van der Waals surface area contributed by atoms with Gasteiger partial charge in [-0.05, 0) is 61.9 Å². The number of hydrogen-bond donors (Lipinski definition) is 5. The fraction of sp³-hybridized carbons (Fsp3) is 0.525. The second kappa shape index (κ2) is 34.4. The highest BCUT2D eigenvalue weighted by Crippen LogP contribution is 2.40. The fourth-order valence-electron chi connectivity index (χ4n) is 9.20. The average Bonchev–Trinajstić information content (AvgIpc) is 1.61. The van der Waals surface area contributed by atoms with Crippen molar-refractivity contribution in [3.8, 4) is 15.4 Å². The number of thiazole rings is 1. The van der Waals surface area contributed by atoms with Crippen molar-refractivity contribution in [2.75, 3.05) is 98.9 Å². The number of nitrogens with two attached hydrogens (primary N) is 1. The topological polar surface area (TPSA) is 309 Å². The number of fused-ring (bicyclic) bond motifs is 3. The molecule has 89 heavy (non-hydrogen) atoms. The molecule has 1 saturated heterocycles. The largest absolute Gasteiger partial charge is 0.490 e. The van der Waals surface area contributed by atoms with Crippen LogP contribution in [0.1, 0.15) is 84.1 Å². The van der Waals surface area contributed by atoms with E-state index in [0.717, 1.165) is 54.0 Å². The first-order valence-electron chi connectivity index (χ1n) is 28.5. The Kier molecular flexibility index (Phi) is 27.6. The van der Waals surface area contributed by atoms with Crippen molar-refractivity contribution in [2.45, 2.75) is 98.3 Å². The zero-order valence-electron chi connectivity index (χ0n) is 50.6. The van der Waals surface area contributed by atoms with Crippen LogP contribution in [-0.4, -0.2) is 194 Å². The summed E-state index contributed by atoms with van der Waals surface area (Å²) in [7, 11) is 0. The molecule has 2 aliphatic heterocycles. The zero-order valence-corrected chi connectivity index (χ0v) is 53.0. The summed E-state index contributed by atoms with van der Waals surface area (Å²) >= 11 is 9.44. The summed E-state index contributed by atoms with van der Waals surface area (Å²) in [6.07, 6.45) is -5.84. The minimum Gasteiger partial charge on any atom is -0.475 e. The van der Waals surface area contributed by atoms with Gasteiger partial charge >= 0.3 is 18.1 Å². The molecule has 6 N–H and O–H groups in total. The number of nitrogens with zero attached hydrogens (tertiary/aromatic N) is 6. The zero-order chi connectivity index (χ0) is 64.8. The number of halogens is 4. The van der Waals surface area contributed by atoms with Gasteiger partial charge in [0.15, 0.2) is 5.82 Å². The molecule has 4 atom stereocenters. The van der Waals surface area contributed by atoms with Crippen LogP contribution in [0.5, 0.6) is 0 Å². The molecule has 2 aliphatic rings. The molecule has 30 heteroatoms. The van der Waals surface area contributed by atoms with Gasteiger partial charge in [-0.2, -0.15) is 13.2 Å². The van der Waals surface area contributed by atoms with E-state index in [1.165, 1.54) is 4.90 Å². The average molecular weight is 1310 g/mol. The quantitative estimate of drug-likeness (QED) is 0.0259. The Bertz CT molecular complexity index is 3190. The summed E-state index contributed by atoms with van der Waals surface area (Å²) in [5, 5.41) is 26.3. The molecule has 5 aromatic rings. The number of nitrogens with one attached hydrogen (secondary N) is 3. The van der Waals surface area contributed by atoms with Gasteiger partial charge in [0.2, 0.25) is 23.6 Å². The number of aliphatic carboxylic acids is 1. The molecule has 7 rings (SSSR count). The monoisotopic (exact) mass is 1300 g/mol. The third-order valence-electron chi connectivity index (χ3n) is 13.7. The molecule has 5 heterocycles. The standard InChI is InChI=1S/C57H75ClN10O12S2.C2HF3O2/c1-35-37(3)82-56-49(35)50(40-12-14-42(58)15-13-40)63-44(53-66-65-38(4)68(53)56)29-46(69)60-17-19-75-21-23-77-24-26-78-32-47(70)64-52(57(5,6)7)55(73)67-31-43(80-48(71)33-79-27-25-76-22-20-74-18-16-59)28-45(67)54(72)61-30-39-8-10-41(11-9-39)51-36(2)62-34-81-51;3-2(4,5)1(6)7/h8-15,34,43-45,52H,16-33,59H2,1-7H3,(H,60,69)(H,61,72)(H,64,70);(H,6,7)/t43-,44+,45+,52-;/m1./s1. The summed E-state index contributed by atoms with van der Waals surface area (Å²) in [5.41, 5.74) is 12.9. The first kappa shape index (κ1) is 71.3. The number of esters is 1. The Morgan fingerprint density at radius 1 is 0.787 bits per heavy atom. The molecule has 0 saturated carbocycles. The van der Waals surface area contributed by atoms with E-state index in [2.05, 4.69) is 45.0 Å². The minimum absolute atomic E-state index is 0.0291. The van der Waals surface area contributed by atoms with Gasteiger partial charge in [0.1, 0.15) is 48.3 Å². The number of benzene rings is 2. The lowest BCUT2D eigenvalue weighted by Gasteiger charge is -2.35. The summed E-state index contributed by atoms with van der Waals surface area (Å²) in [6, 6.07) is 12.6. The van der Waals surface area contributed by atoms with E-state index in [1.54, 1.807) is 49.0 Å². The Labute approximate surface area is 526 Å². The van der Waals surface area contributed by atoms with Crippen LogP contribution >= 0.6 is 34.3 Å². The van der Waals surface area contributed by atoms with Gasteiger partial charge in [0.25, 0.3) is 0 Å². The fourth-order valence-corrected chi connectivity index (χ4v) is 11.3. The number of ether oxygens (including phenoxy) is 7. The van der Waals surface area contributed by atoms with Crippen molar-refractivity contribution in [3.05, 3.63) is 104 Å². The maximum absolute atomic E-state index is 14.5. The summed E-state index contributed by atoms with van der Waals surface area (Å²) in [5.74, 6) is -3.85. The number of alkyl halides is 3. The number of hydrogen-bond acceptors (Lipinski definition) is 20. The van der Waals surface area contributed by atoms with E-state index >= 15 is 0 Å². The second-order valence-electron chi connectivity index (χ2n) is 21.5. The number of rotatable bonds is 31. The van der Waals surface area contributed by atoms with Crippen LogP contribution in [0.4, 0.5) is 13.2 Å². The predicted molar refractivity (Wildman–Crippen MR) is 324 cm³/mol. The molecule has 4 amide bonds.